The van der Waals surface area contributed by atoms with Crippen LogP contribution in [0.2, 0.25) is 0 Å². The predicted octanol–water partition coefficient (Wildman–Crippen LogP) is 3.24. The minimum absolute atomic E-state index is 0.360. The number of hydrogen-bond donors (Lipinski definition) is 1. The average Bonchev–Trinajstić information content (AvgIpc) is 3.05. The number of fused-ring (bicyclic) bond motifs is 1. The van der Waals surface area contributed by atoms with Crippen molar-refractivity contribution in [3.8, 4) is 0 Å². The first-order chi connectivity index (χ1) is 13.1. The topological polar surface area (TPSA) is 56.7 Å². The van der Waals surface area contributed by atoms with Crippen molar-refractivity contribution in [2.75, 3.05) is 32.7 Å². The third-order valence-corrected chi connectivity index (χ3v) is 6.06. The molecule has 1 amide bonds. The number of piperazine rings is 1. The molecular formula is C19H24F3N3O2S. The molecule has 2 heterocycles. The molecule has 0 aliphatic carbocycles. The van der Waals surface area contributed by atoms with Crippen molar-refractivity contribution < 1.29 is 23.1 Å². The van der Waals surface area contributed by atoms with Crippen LogP contribution in [0.4, 0.5) is 13.2 Å². The number of carbonyl (C=O) groups is 1. The Morgan fingerprint density at radius 2 is 1.86 bits per heavy atom. The van der Waals surface area contributed by atoms with Crippen LogP contribution in [0.1, 0.15) is 25.3 Å². The van der Waals surface area contributed by atoms with Gasteiger partial charge in [0.1, 0.15) is 5.01 Å². The first-order valence-electron chi connectivity index (χ1n) is 9.25. The van der Waals surface area contributed by atoms with Gasteiger partial charge in [-0.2, -0.15) is 13.2 Å². The van der Waals surface area contributed by atoms with Crippen molar-refractivity contribution in [3.63, 3.8) is 0 Å². The Kier molecular flexibility index (Phi) is 5.97. The first-order valence-corrected chi connectivity index (χ1v) is 10.1. The van der Waals surface area contributed by atoms with Crippen LogP contribution in [-0.2, 0) is 10.4 Å². The summed E-state index contributed by atoms with van der Waals surface area (Å²) in [7, 11) is 0. The molecule has 5 nitrogen and oxygen atoms in total. The summed E-state index contributed by atoms with van der Waals surface area (Å²) >= 11 is 0.767. The fourth-order valence-corrected chi connectivity index (χ4v) is 4.45. The molecule has 1 aliphatic heterocycles. The third-order valence-electron chi connectivity index (χ3n) is 4.87. The van der Waals surface area contributed by atoms with Crippen molar-refractivity contribution in [1.29, 1.82) is 0 Å². The van der Waals surface area contributed by atoms with Crippen LogP contribution in [0.25, 0.3) is 10.2 Å². The first kappa shape index (κ1) is 21.0. The number of halogens is 3. The molecule has 154 valence electrons. The summed E-state index contributed by atoms with van der Waals surface area (Å²) in [6, 6.07) is 6.59. The maximum absolute atomic E-state index is 13.8. The molecule has 1 aromatic carbocycles. The Morgan fingerprint density at radius 3 is 2.43 bits per heavy atom. The van der Waals surface area contributed by atoms with E-state index in [9.17, 15) is 23.1 Å². The van der Waals surface area contributed by atoms with Gasteiger partial charge in [-0.25, -0.2) is 4.98 Å². The van der Waals surface area contributed by atoms with Crippen LogP contribution >= 0.6 is 11.3 Å². The number of thiazole rings is 1. The summed E-state index contributed by atoms with van der Waals surface area (Å²) in [6.07, 6.45) is -6.06. The van der Waals surface area contributed by atoms with E-state index in [4.69, 9.17) is 0 Å². The molecule has 28 heavy (non-hydrogen) atoms. The number of carbonyl (C=O) groups excluding carboxylic acids is 1. The molecule has 1 fully saturated rings. The smallest absolute Gasteiger partial charge is 0.374 e. The summed E-state index contributed by atoms with van der Waals surface area (Å²) in [5.74, 6) is -0.222. The minimum Gasteiger partial charge on any atom is -0.374 e. The van der Waals surface area contributed by atoms with Crippen LogP contribution in [0.3, 0.4) is 0 Å². The maximum atomic E-state index is 13.8. The largest absolute Gasteiger partial charge is 0.424 e. The maximum Gasteiger partial charge on any atom is 0.424 e. The highest BCUT2D eigenvalue weighted by molar-refractivity contribution is 7.18. The van der Waals surface area contributed by atoms with E-state index < -0.39 is 29.1 Å². The van der Waals surface area contributed by atoms with Crippen molar-refractivity contribution in [1.82, 2.24) is 14.8 Å². The van der Waals surface area contributed by atoms with Crippen LogP contribution in [0.5, 0.6) is 0 Å². The standard InChI is InChI=1S/C19H24F3N3O2S/c1-13(2)12-24-7-9-25(10-8-24)16(26)11-18(27,19(20,21)22)17-23-14-5-3-4-6-15(14)28-17/h3-6,13,27H,7-12H2,1-2H3. The average molecular weight is 415 g/mol. The van der Waals surface area contributed by atoms with Gasteiger partial charge in [0.25, 0.3) is 0 Å². The molecule has 0 bridgehead atoms. The number of benzene rings is 1. The summed E-state index contributed by atoms with van der Waals surface area (Å²) < 4.78 is 41.9. The number of rotatable bonds is 5. The molecular weight excluding hydrogens is 391 g/mol. The quantitative estimate of drug-likeness (QED) is 0.815. The Hall–Kier alpha value is -1.71. The van der Waals surface area contributed by atoms with Crippen LogP contribution in [0.15, 0.2) is 24.3 Å². The highest BCUT2D eigenvalue weighted by Gasteiger charge is 2.58. The van der Waals surface area contributed by atoms with E-state index in [1.807, 2.05) is 0 Å². The molecule has 0 saturated carbocycles. The van der Waals surface area contributed by atoms with E-state index in [-0.39, 0.29) is 0 Å². The molecule has 1 unspecified atom stereocenters. The Morgan fingerprint density at radius 1 is 1.21 bits per heavy atom. The molecule has 1 aromatic heterocycles. The number of amides is 1. The third kappa shape index (κ3) is 4.31. The van der Waals surface area contributed by atoms with Gasteiger partial charge in [0, 0.05) is 32.7 Å². The van der Waals surface area contributed by atoms with Crippen molar-refractivity contribution in [2.45, 2.75) is 32.0 Å². The Bertz CT molecular complexity index is 798. The highest BCUT2D eigenvalue weighted by Crippen LogP contribution is 2.44. The highest BCUT2D eigenvalue weighted by atomic mass is 32.1. The molecule has 3 rings (SSSR count). The zero-order chi connectivity index (χ0) is 20.5. The van der Waals surface area contributed by atoms with Gasteiger partial charge >= 0.3 is 6.18 Å². The Labute approximate surface area is 165 Å². The molecule has 0 radical (unpaired) electrons. The number of nitrogens with zero attached hydrogens (tertiary/aromatic N) is 3. The molecule has 1 aliphatic rings. The van der Waals surface area contributed by atoms with Gasteiger partial charge in [-0.05, 0) is 18.1 Å². The van der Waals surface area contributed by atoms with Crippen molar-refractivity contribution >= 4 is 27.5 Å². The van der Waals surface area contributed by atoms with E-state index in [1.54, 1.807) is 24.3 Å². The second-order valence-electron chi connectivity index (χ2n) is 7.60. The summed E-state index contributed by atoms with van der Waals surface area (Å²) in [6.45, 7) is 7.04. The van der Waals surface area contributed by atoms with E-state index in [0.29, 0.717) is 42.3 Å². The van der Waals surface area contributed by atoms with E-state index in [2.05, 4.69) is 23.7 Å². The van der Waals surface area contributed by atoms with Crippen LogP contribution in [-0.4, -0.2) is 64.7 Å². The van der Waals surface area contributed by atoms with Crippen molar-refractivity contribution in [2.24, 2.45) is 5.92 Å². The fourth-order valence-electron chi connectivity index (χ4n) is 3.37. The normalized spacial score (nSPS) is 18.6. The summed E-state index contributed by atoms with van der Waals surface area (Å²) in [5.41, 5.74) is -2.91. The van der Waals surface area contributed by atoms with E-state index >= 15 is 0 Å². The lowest BCUT2D eigenvalue weighted by Gasteiger charge is -2.37. The van der Waals surface area contributed by atoms with Crippen LogP contribution in [0, 0.1) is 5.92 Å². The lowest BCUT2D eigenvalue weighted by atomic mass is 9.98. The van der Waals surface area contributed by atoms with Crippen LogP contribution < -0.4 is 0 Å². The number of para-hydroxylation sites is 1. The SMILES string of the molecule is CC(C)CN1CCN(C(=O)CC(O)(c2nc3ccccc3s2)C(F)(F)F)CC1. The van der Waals surface area contributed by atoms with Gasteiger partial charge in [-0.3, -0.25) is 9.69 Å². The number of alkyl halides is 3. The van der Waals surface area contributed by atoms with E-state index in [0.717, 1.165) is 17.9 Å². The van der Waals surface area contributed by atoms with Gasteiger partial charge in [0.05, 0.1) is 16.6 Å². The number of aromatic nitrogens is 1. The lowest BCUT2D eigenvalue weighted by Crippen LogP contribution is -2.52. The summed E-state index contributed by atoms with van der Waals surface area (Å²) in [4.78, 5) is 20.2. The van der Waals surface area contributed by atoms with Gasteiger partial charge < -0.3 is 10.0 Å². The fraction of sp³-hybridized carbons (Fsp3) is 0.579. The zero-order valence-electron chi connectivity index (χ0n) is 15.9. The number of hydrogen-bond acceptors (Lipinski definition) is 5. The van der Waals surface area contributed by atoms with Gasteiger partial charge in [0.2, 0.25) is 11.5 Å². The molecule has 1 saturated heterocycles. The van der Waals surface area contributed by atoms with Gasteiger partial charge in [0.15, 0.2) is 0 Å². The zero-order valence-corrected chi connectivity index (χ0v) is 16.7. The second-order valence-corrected chi connectivity index (χ2v) is 8.63. The summed E-state index contributed by atoms with van der Waals surface area (Å²) in [5, 5.41) is 10.1. The van der Waals surface area contributed by atoms with Gasteiger partial charge in [-0.15, -0.1) is 11.3 Å². The molecule has 1 atom stereocenters. The molecule has 9 heteroatoms. The Balaban J connectivity index is 1.77. The molecule has 1 N–H and O–H groups in total. The monoisotopic (exact) mass is 415 g/mol. The lowest BCUT2D eigenvalue weighted by molar-refractivity contribution is -0.268. The predicted molar refractivity (Wildman–Crippen MR) is 102 cm³/mol. The van der Waals surface area contributed by atoms with Crippen molar-refractivity contribution in [3.05, 3.63) is 29.3 Å². The number of aliphatic hydroxyl groups is 1. The minimum atomic E-state index is -5.00. The van der Waals surface area contributed by atoms with E-state index in [1.165, 1.54) is 4.90 Å². The second kappa shape index (κ2) is 7.96. The molecule has 2 aromatic rings. The van der Waals surface area contributed by atoms with Gasteiger partial charge in [-0.1, -0.05) is 26.0 Å². The molecule has 0 spiro atoms.